The number of benzene rings is 1. The lowest BCUT2D eigenvalue weighted by Gasteiger charge is -2.02. The standard InChI is InChI=1S/C8H4BrCl2NO3/c9-3-7(13)5-1-4(10)2-6(8(5)11)12(14)15/h1-2H,3H2. The first-order valence-corrected chi connectivity index (χ1v) is 5.57. The zero-order chi connectivity index (χ0) is 11.6. The Kier molecular flexibility index (Phi) is 4.07. The molecular formula is C8H4BrCl2NO3. The van der Waals surface area contributed by atoms with Gasteiger partial charge >= 0.3 is 0 Å². The van der Waals surface area contributed by atoms with E-state index in [4.69, 9.17) is 23.2 Å². The van der Waals surface area contributed by atoms with Gasteiger partial charge in [0.25, 0.3) is 5.69 Å². The van der Waals surface area contributed by atoms with E-state index >= 15 is 0 Å². The molecule has 0 aromatic heterocycles. The van der Waals surface area contributed by atoms with Crippen LogP contribution in [0.25, 0.3) is 0 Å². The Morgan fingerprint density at radius 3 is 2.53 bits per heavy atom. The second kappa shape index (κ2) is 4.92. The molecule has 0 bridgehead atoms. The van der Waals surface area contributed by atoms with Crippen molar-refractivity contribution >= 4 is 50.6 Å². The Bertz CT molecular complexity index is 436. The van der Waals surface area contributed by atoms with E-state index in [1.54, 1.807) is 0 Å². The lowest BCUT2D eigenvalue weighted by Crippen LogP contribution is -2.03. The number of halogens is 3. The van der Waals surface area contributed by atoms with Crippen LogP contribution in [0.4, 0.5) is 5.69 Å². The molecule has 0 aliphatic carbocycles. The molecule has 0 atom stereocenters. The Hall–Kier alpha value is -0.650. The van der Waals surface area contributed by atoms with Crippen molar-refractivity contribution in [3.8, 4) is 0 Å². The summed E-state index contributed by atoms with van der Waals surface area (Å²) in [6.07, 6.45) is 0. The van der Waals surface area contributed by atoms with Gasteiger partial charge in [0, 0.05) is 16.7 Å². The maximum Gasteiger partial charge on any atom is 0.290 e. The number of nitrogens with zero attached hydrogens (tertiary/aromatic N) is 1. The van der Waals surface area contributed by atoms with E-state index in [0.29, 0.717) is 0 Å². The second-order valence-electron chi connectivity index (χ2n) is 2.60. The first kappa shape index (κ1) is 12.4. The predicted octanol–water partition coefficient (Wildman–Crippen LogP) is 3.48. The van der Waals surface area contributed by atoms with Gasteiger partial charge in [-0.25, -0.2) is 0 Å². The fourth-order valence-corrected chi connectivity index (χ4v) is 1.78. The third-order valence-corrected chi connectivity index (χ3v) is 2.76. The largest absolute Gasteiger partial charge is 0.293 e. The minimum absolute atomic E-state index is 0.0320. The second-order valence-corrected chi connectivity index (χ2v) is 3.98. The van der Waals surface area contributed by atoms with Crippen molar-refractivity contribution in [1.29, 1.82) is 0 Å². The van der Waals surface area contributed by atoms with Crippen LogP contribution < -0.4 is 0 Å². The van der Waals surface area contributed by atoms with Crippen LogP contribution in [0.15, 0.2) is 12.1 Å². The molecular weight excluding hydrogens is 309 g/mol. The minimum atomic E-state index is -0.681. The summed E-state index contributed by atoms with van der Waals surface area (Å²) in [4.78, 5) is 21.2. The van der Waals surface area contributed by atoms with Crippen molar-refractivity contribution in [1.82, 2.24) is 0 Å². The van der Waals surface area contributed by atoms with Crippen LogP contribution in [-0.2, 0) is 0 Å². The maximum absolute atomic E-state index is 11.3. The molecule has 0 aliphatic heterocycles. The molecule has 4 nitrogen and oxygen atoms in total. The summed E-state index contributed by atoms with van der Waals surface area (Å²) in [5.41, 5.74) is -0.318. The van der Waals surface area contributed by atoms with Gasteiger partial charge in [-0.2, -0.15) is 0 Å². The van der Waals surface area contributed by atoms with Gasteiger partial charge in [0.05, 0.1) is 10.3 Å². The first-order chi connectivity index (χ1) is 6.97. The SMILES string of the molecule is O=C(CBr)c1cc(Cl)cc([N+](=O)[O-])c1Cl. The number of rotatable bonds is 3. The maximum atomic E-state index is 11.3. The van der Waals surface area contributed by atoms with E-state index in [2.05, 4.69) is 15.9 Å². The smallest absolute Gasteiger partial charge is 0.290 e. The number of hydrogen-bond donors (Lipinski definition) is 0. The molecule has 1 aromatic carbocycles. The Morgan fingerprint density at radius 1 is 1.47 bits per heavy atom. The number of alkyl halides is 1. The van der Waals surface area contributed by atoms with Crippen LogP contribution in [0, 0.1) is 10.1 Å². The van der Waals surface area contributed by atoms with Gasteiger partial charge in [0.2, 0.25) is 0 Å². The number of Topliss-reactive ketones (excluding diaryl/α,β-unsaturated/α-hetero) is 1. The molecule has 7 heteroatoms. The van der Waals surface area contributed by atoms with Crippen molar-refractivity contribution in [3.63, 3.8) is 0 Å². The monoisotopic (exact) mass is 311 g/mol. The van der Waals surface area contributed by atoms with E-state index in [1.165, 1.54) is 6.07 Å². The first-order valence-electron chi connectivity index (χ1n) is 3.70. The number of ketones is 1. The summed E-state index contributed by atoms with van der Waals surface area (Å²) >= 11 is 14.3. The number of nitro groups is 1. The molecule has 0 radical (unpaired) electrons. The molecule has 0 aliphatic rings. The van der Waals surface area contributed by atoms with Crippen LogP contribution >= 0.6 is 39.1 Å². The number of carbonyl (C=O) groups excluding carboxylic acids is 1. The van der Waals surface area contributed by atoms with Crippen LogP contribution in [-0.4, -0.2) is 16.0 Å². The molecule has 0 N–H and O–H groups in total. The van der Waals surface area contributed by atoms with Crippen LogP contribution in [0.3, 0.4) is 0 Å². The highest BCUT2D eigenvalue weighted by molar-refractivity contribution is 9.09. The van der Waals surface area contributed by atoms with Crippen LogP contribution in [0.5, 0.6) is 0 Å². The molecule has 0 fully saturated rings. The highest BCUT2D eigenvalue weighted by Crippen LogP contribution is 2.32. The van der Waals surface area contributed by atoms with Gasteiger partial charge < -0.3 is 0 Å². The summed E-state index contributed by atoms with van der Waals surface area (Å²) < 4.78 is 0. The Morgan fingerprint density at radius 2 is 2.07 bits per heavy atom. The van der Waals surface area contributed by atoms with Gasteiger partial charge in [-0.1, -0.05) is 39.1 Å². The van der Waals surface area contributed by atoms with Gasteiger partial charge in [-0.05, 0) is 6.07 Å². The van der Waals surface area contributed by atoms with Crippen molar-refractivity contribution in [2.45, 2.75) is 0 Å². The predicted molar refractivity (Wildman–Crippen MR) is 61.2 cm³/mol. The molecule has 1 aromatic rings. The van der Waals surface area contributed by atoms with Crippen molar-refractivity contribution in [2.24, 2.45) is 0 Å². The summed E-state index contributed by atoms with van der Waals surface area (Å²) in [5.74, 6) is -0.356. The molecule has 0 amide bonds. The van der Waals surface area contributed by atoms with E-state index < -0.39 is 4.92 Å². The molecule has 0 saturated carbocycles. The topological polar surface area (TPSA) is 60.2 Å². The van der Waals surface area contributed by atoms with E-state index in [0.717, 1.165) is 6.07 Å². The highest BCUT2D eigenvalue weighted by atomic mass is 79.9. The molecule has 80 valence electrons. The summed E-state index contributed by atoms with van der Waals surface area (Å²) in [6.45, 7) is 0. The number of carbonyl (C=O) groups is 1. The highest BCUT2D eigenvalue weighted by Gasteiger charge is 2.20. The molecule has 15 heavy (non-hydrogen) atoms. The summed E-state index contributed by atoms with van der Waals surface area (Å²) in [5, 5.41) is 10.5. The number of nitro benzene ring substituents is 1. The van der Waals surface area contributed by atoms with Gasteiger partial charge in [0.15, 0.2) is 5.78 Å². The van der Waals surface area contributed by atoms with E-state index in [1.807, 2.05) is 0 Å². The minimum Gasteiger partial charge on any atom is -0.293 e. The lowest BCUT2D eigenvalue weighted by atomic mass is 10.1. The van der Waals surface area contributed by atoms with Gasteiger partial charge in [0.1, 0.15) is 5.02 Å². The fraction of sp³-hybridized carbons (Fsp3) is 0.125. The van der Waals surface area contributed by atoms with Crippen molar-refractivity contribution in [2.75, 3.05) is 5.33 Å². The average Bonchev–Trinajstić information content (AvgIpc) is 2.19. The quantitative estimate of drug-likeness (QED) is 0.371. The molecule has 0 unspecified atom stereocenters. The lowest BCUT2D eigenvalue weighted by molar-refractivity contribution is -0.384. The molecule has 0 saturated heterocycles. The summed E-state index contributed by atoms with van der Waals surface area (Å²) in [7, 11) is 0. The third-order valence-electron chi connectivity index (χ3n) is 1.64. The van der Waals surface area contributed by atoms with Crippen LogP contribution in [0.2, 0.25) is 10.0 Å². The average molecular weight is 313 g/mol. The normalized spacial score (nSPS) is 10.1. The summed E-state index contributed by atoms with van der Waals surface area (Å²) in [6, 6.07) is 2.41. The van der Waals surface area contributed by atoms with Crippen LogP contribution in [0.1, 0.15) is 10.4 Å². The molecule has 0 spiro atoms. The zero-order valence-corrected chi connectivity index (χ0v) is 10.3. The molecule has 0 heterocycles. The third kappa shape index (κ3) is 2.68. The van der Waals surface area contributed by atoms with Gasteiger partial charge in [-0.15, -0.1) is 0 Å². The zero-order valence-electron chi connectivity index (χ0n) is 7.17. The van der Waals surface area contributed by atoms with Gasteiger partial charge in [-0.3, -0.25) is 14.9 Å². The number of hydrogen-bond acceptors (Lipinski definition) is 3. The molecule has 1 rings (SSSR count). The fourth-order valence-electron chi connectivity index (χ4n) is 0.983. The Labute approximate surface area is 103 Å². The van der Waals surface area contributed by atoms with E-state index in [-0.39, 0.29) is 32.4 Å². The Balaban J connectivity index is 3.41. The van der Waals surface area contributed by atoms with E-state index in [9.17, 15) is 14.9 Å². The van der Waals surface area contributed by atoms with Crippen molar-refractivity contribution in [3.05, 3.63) is 37.9 Å². The van der Waals surface area contributed by atoms with Crippen molar-refractivity contribution < 1.29 is 9.72 Å².